The van der Waals surface area contributed by atoms with Gasteiger partial charge in [-0.05, 0) is 60.4 Å². The largest absolute Gasteiger partial charge is 0.351 e. The fraction of sp³-hybridized carbons (Fsp3) is 0.867. The second-order valence-electron chi connectivity index (χ2n) is 7.30. The van der Waals surface area contributed by atoms with Crippen LogP contribution in [0.1, 0.15) is 53.9 Å². The zero-order valence-corrected chi connectivity index (χ0v) is 13.4. The number of rotatable bonds is 1. The molecule has 2 aliphatic heterocycles. The number of carbonyl (C=O) groups is 1. The Labute approximate surface area is 122 Å². The summed E-state index contributed by atoms with van der Waals surface area (Å²) in [7, 11) is 0. The van der Waals surface area contributed by atoms with Crippen LogP contribution in [0, 0.1) is 0 Å². The maximum Gasteiger partial charge on any atom is 0.254 e. The molecule has 5 heteroatoms. The van der Waals surface area contributed by atoms with Crippen molar-refractivity contribution in [3.8, 4) is 0 Å². The number of nitrogens with zero attached hydrogens (tertiary/aromatic N) is 2. The maximum absolute atomic E-state index is 12.4. The quantitative estimate of drug-likeness (QED) is 0.765. The summed E-state index contributed by atoms with van der Waals surface area (Å²) in [6.07, 6.45) is 2.68. The first-order valence-electron chi connectivity index (χ1n) is 7.65. The summed E-state index contributed by atoms with van der Waals surface area (Å²) in [5, 5.41) is 6.20. The average molecular weight is 280 g/mol. The molecule has 2 aliphatic rings. The summed E-state index contributed by atoms with van der Waals surface area (Å²) in [5.41, 5.74) is -0.635. The molecule has 1 saturated heterocycles. The fourth-order valence-corrected chi connectivity index (χ4v) is 2.93. The number of likely N-dealkylation sites (tertiary alicyclic amines) is 1. The summed E-state index contributed by atoms with van der Waals surface area (Å²) in [5.74, 6) is 0.704. The summed E-state index contributed by atoms with van der Waals surface area (Å²) in [6.45, 7) is 12.6. The molecule has 0 aromatic heterocycles. The fourth-order valence-electron chi connectivity index (χ4n) is 2.93. The van der Waals surface area contributed by atoms with Gasteiger partial charge in [0.1, 0.15) is 5.54 Å². The van der Waals surface area contributed by atoms with E-state index < -0.39 is 5.54 Å². The Morgan fingerprint density at radius 2 is 2.00 bits per heavy atom. The van der Waals surface area contributed by atoms with E-state index in [0.717, 1.165) is 32.4 Å². The van der Waals surface area contributed by atoms with Gasteiger partial charge in [-0.15, -0.1) is 0 Å². The van der Waals surface area contributed by atoms with Crippen LogP contribution in [-0.4, -0.2) is 47.0 Å². The van der Waals surface area contributed by atoms with Crippen LogP contribution in [0.3, 0.4) is 0 Å². The Morgan fingerprint density at radius 1 is 1.30 bits per heavy atom. The van der Waals surface area contributed by atoms with Crippen molar-refractivity contribution in [3.63, 3.8) is 0 Å². The van der Waals surface area contributed by atoms with Crippen LogP contribution >= 0.6 is 0 Å². The highest BCUT2D eigenvalue weighted by Gasteiger charge is 2.45. The molecule has 2 N–H and O–H groups in total. The van der Waals surface area contributed by atoms with Crippen molar-refractivity contribution < 1.29 is 4.79 Å². The predicted octanol–water partition coefficient (Wildman–Crippen LogP) is 1.49. The van der Waals surface area contributed by atoms with Gasteiger partial charge in [-0.2, -0.15) is 0 Å². The lowest BCUT2D eigenvalue weighted by atomic mass is 9.91. The molecular formula is C15H28N4O. The zero-order chi connectivity index (χ0) is 15.0. The minimum atomic E-state index is -0.544. The topological polar surface area (TPSA) is 56.7 Å². The lowest BCUT2D eigenvalue weighted by Crippen LogP contribution is -2.47. The summed E-state index contributed by atoms with van der Waals surface area (Å²) in [6, 6.07) is 0.533. The van der Waals surface area contributed by atoms with Gasteiger partial charge in [0.25, 0.3) is 5.91 Å². The van der Waals surface area contributed by atoms with Crippen LogP contribution in [-0.2, 0) is 4.79 Å². The third kappa shape index (κ3) is 3.32. The van der Waals surface area contributed by atoms with Crippen LogP contribution < -0.4 is 10.6 Å². The number of carbonyl (C=O) groups excluding carboxylic acids is 1. The third-order valence-electron chi connectivity index (χ3n) is 4.05. The normalized spacial score (nSPS) is 28.5. The molecule has 0 aliphatic carbocycles. The van der Waals surface area contributed by atoms with Gasteiger partial charge in [-0.25, -0.2) is 4.99 Å². The van der Waals surface area contributed by atoms with Gasteiger partial charge in [0.15, 0.2) is 5.96 Å². The molecule has 20 heavy (non-hydrogen) atoms. The minimum absolute atomic E-state index is 0.0647. The summed E-state index contributed by atoms with van der Waals surface area (Å²) >= 11 is 0. The van der Waals surface area contributed by atoms with E-state index in [1.807, 2.05) is 0 Å². The molecule has 0 bridgehead atoms. The molecule has 0 aromatic rings. The highest BCUT2D eigenvalue weighted by molar-refractivity contribution is 6.07. The van der Waals surface area contributed by atoms with Crippen molar-refractivity contribution in [3.05, 3.63) is 0 Å². The molecule has 0 aromatic carbocycles. The number of nitrogens with one attached hydrogen (secondary N) is 2. The van der Waals surface area contributed by atoms with Gasteiger partial charge in [-0.1, -0.05) is 0 Å². The van der Waals surface area contributed by atoms with Crippen molar-refractivity contribution >= 4 is 11.9 Å². The van der Waals surface area contributed by atoms with Gasteiger partial charge in [0.05, 0.1) is 0 Å². The lowest BCUT2D eigenvalue weighted by molar-refractivity contribution is -0.124. The highest BCUT2D eigenvalue weighted by Crippen LogP contribution is 2.30. The Kier molecular flexibility index (Phi) is 4.09. The number of amides is 1. The average Bonchev–Trinajstić information content (AvgIpc) is 2.47. The van der Waals surface area contributed by atoms with E-state index in [1.165, 1.54) is 0 Å². The molecule has 1 atom stereocenters. The van der Waals surface area contributed by atoms with Crippen molar-refractivity contribution in [1.29, 1.82) is 0 Å². The van der Waals surface area contributed by atoms with Crippen molar-refractivity contribution in [2.45, 2.75) is 71.0 Å². The SMILES string of the molecule is CC(C)N1CCCC2(CC1)N=C(NC(C)(C)C)NC2=O. The van der Waals surface area contributed by atoms with E-state index >= 15 is 0 Å². The predicted molar refractivity (Wildman–Crippen MR) is 81.8 cm³/mol. The minimum Gasteiger partial charge on any atom is -0.351 e. The zero-order valence-electron chi connectivity index (χ0n) is 13.4. The van der Waals surface area contributed by atoms with Crippen molar-refractivity contribution in [1.82, 2.24) is 15.5 Å². The molecule has 0 radical (unpaired) electrons. The standard InChI is InChI=1S/C15H28N4O/c1-11(2)19-9-6-7-15(8-10-19)12(20)16-13(18-15)17-14(3,4)5/h11H,6-10H2,1-5H3,(H2,16,17,18,20). The van der Waals surface area contributed by atoms with Crippen molar-refractivity contribution in [2.75, 3.05) is 13.1 Å². The monoisotopic (exact) mass is 280 g/mol. The van der Waals surface area contributed by atoms with Crippen LogP contribution in [0.25, 0.3) is 0 Å². The second kappa shape index (κ2) is 5.35. The molecular weight excluding hydrogens is 252 g/mol. The Bertz CT molecular complexity index is 411. The van der Waals surface area contributed by atoms with Crippen LogP contribution in [0.2, 0.25) is 0 Å². The Balaban J connectivity index is 2.12. The Hall–Kier alpha value is -1.10. The highest BCUT2D eigenvalue weighted by atomic mass is 16.2. The molecule has 1 unspecified atom stereocenters. The molecule has 1 amide bonds. The van der Waals surface area contributed by atoms with Gasteiger partial charge in [-0.3, -0.25) is 10.1 Å². The first-order valence-corrected chi connectivity index (χ1v) is 7.65. The van der Waals surface area contributed by atoms with Gasteiger partial charge in [0, 0.05) is 18.1 Å². The molecule has 1 spiro atoms. The number of hydrogen-bond acceptors (Lipinski definition) is 4. The van der Waals surface area contributed by atoms with Crippen LogP contribution in [0.5, 0.6) is 0 Å². The van der Waals surface area contributed by atoms with Gasteiger partial charge >= 0.3 is 0 Å². The van der Waals surface area contributed by atoms with E-state index in [0.29, 0.717) is 12.0 Å². The molecule has 2 heterocycles. The smallest absolute Gasteiger partial charge is 0.254 e. The van der Waals surface area contributed by atoms with E-state index in [9.17, 15) is 4.79 Å². The second-order valence-corrected chi connectivity index (χ2v) is 7.30. The van der Waals surface area contributed by atoms with Gasteiger partial charge < -0.3 is 10.2 Å². The van der Waals surface area contributed by atoms with Gasteiger partial charge in [0.2, 0.25) is 0 Å². The first-order chi connectivity index (χ1) is 9.22. The molecule has 114 valence electrons. The number of aliphatic imine (C=N–C) groups is 1. The first kappa shape index (κ1) is 15.3. The van der Waals surface area contributed by atoms with Crippen LogP contribution in [0.15, 0.2) is 4.99 Å². The van der Waals surface area contributed by atoms with Crippen LogP contribution in [0.4, 0.5) is 0 Å². The van der Waals surface area contributed by atoms with E-state index in [-0.39, 0.29) is 11.4 Å². The van der Waals surface area contributed by atoms with E-state index in [4.69, 9.17) is 4.99 Å². The molecule has 2 rings (SSSR count). The Morgan fingerprint density at radius 3 is 2.60 bits per heavy atom. The summed E-state index contributed by atoms with van der Waals surface area (Å²) < 4.78 is 0. The number of hydrogen-bond donors (Lipinski definition) is 2. The molecule has 0 saturated carbocycles. The molecule has 1 fully saturated rings. The number of guanidine groups is 1. The summed E-state index contributed by atoms with van der Waals surface area (Å²) in [4.78, 5) is 19.5. The van der Waals surface area contributed by atoms with E-state index in [2.05, 4.69) is 50.2 Å². The maximum atomic E-state index is 12.4. The lowest BCUT2D eigenvalue weighted by Gasteiger charge is -2.25. The third-order valence-corrected chi connectivity index (χ3v) is 4.05. The molecule has 5 nitrogen and oxygen atoms in total. The van der Waals surface area contributed by atoms with Crippen molar-refractivity contribution in [2.24, 2.45) is 4.99 Å². The van der Waals surface area contributed by atoms with E-state index in [1.54, 1.807) is 0 Å².